The third-order valence-electron chi connectivity index (χ3n) is 2.17. The predicted molar refractivity (Wildman–Crippen MR) is 60.4 cm³/mol. The van der Waals surface area contributed by atoms with Crippen molar-refractivity contribution >= 4 is 5.90 Å². The van der Waals surface area contributed by atoms with Crippen LogP contribution in [0.15, 0.2) is 16.8 Å². The number of nitrogens with zero attached hydrogens (tertiary/aromatic N) is 1. The molecule has 14 heavy (non-hydrogen) atoms. The van der Waals surface area contributed by atoms with Gasteiger partial charge in [-0.25, -0.2) is 4.99 Å². The standard InChI is InChI=1S/C12H21NO/c1-8(2)11-6-10(5)7-12(13-11)14-9(3)4/h6,8-10H,7H2,1-5H3. The molecule has 0 bridgehead atoms. The number of ether oxygens (including phenoxy) is 1. The molecule has 1 rings (SSSR count). The lowest BCUT2D eigenvalue weighted by Gasteiger charge is -2.21. The number of hydrogen-bond acceptors (Lipinski definition) is 2. The monoisotopic (exact) mass is 195 g/mol. The van der Waals surface area contributed by atoms with Crippen LogP contribution < -0.4 is 0 Å². The van der Waals surface area contributed by atoms with E-state index in [4.69, 9.17) is 4.74 Å². The van der Waals surface area contributed by atoms with Gasteiger partial charge in [0.2, 0.25) is 0 Å². The van der Waals surface area contributed by atoms with Gasteiger partial charge < -0.3 is 4.74 Å². The molecule has 1 aliphatic rings. The topological polar surface area (TPSA) is 21.6 Å². The lowest BCUT2D eigenvalue weighted by atomic mass is 9.99. The first-order chi connectivity index (χ1) is 6.49. The third kappa shape index (κ3) is 3.17. The predicted octanol–water partition coefficient (Wildman–Crippen LogP) is 3.39. The molecule has 2 nitrogen and oxygen atoms in total. The van der Waals surface area contributed by atoms with Gasteiger partial charge in [-0.05, 0) is 25.7 Å². The van der Waals surface area contributed by atoms with Gasteiger partial charge in [-0.2, -0.15) is 0 Å². The van der Waals surface area contributed by atoms with Crippen molar-refractivity contribution in [2.45, 2.75) is 47.1 Å². The zero-order chi connectivity index (χ0) is 10.7. The summed E-state index contributed by atoms with van der Waals surface area (Å²) in [6, 6.07) is 0. The number of aliphatic imine (C=N–C) groups is 1. The van der Waals surface area contributed by atoms with Crippen molar-refractivity contribution in [3.05, 3.63) is 11.8 Å². The molecule has 0 aromatic carbocycles. The fourth-order valence-electron chi connectivity index (χ4n) is 1.52. The van der Waals surface area contributed by atoms with E-state index in [-0.39, 0.29) is 6.10 Å². The van der Waals surface area contributed by atoms with Gasteiger partial charge in [-0.3, -0.25) is 0 Å². The summed E-state index contributed by atoms with van der Waals surface area (Å²) in [6.07, 6.45) is 3.42. The first-order valence-corrected chi connectivity index (χ1v) is 5.45. The summed E-state index contributed by atoms with van der Waals surface area (Å²) in [4.78, 5) is 4.53. The molecule has 0 aromatic heterocycles. The maximum absolute atomic E-state index is 5.65. The van der Waals surface area contributed by atoms with E-state index in [1.54, 1.807) is 0 Å². The van der Waals surface area contributed by atoms with Crippen LogP contribution in [0.1, 0.15) is 41.0 Å². The van der Waals surface area contributed by atoms with Crippen molar-refractivity contribution in [3.8, 4) is 0 Å². The van der Waals surface area contributed by atoms with Crippen LogP contribution in [-0.4, -0.2) is 12.0 Å². The Balaban J connectivity index is 2.73. The average molecular weight is 195 g/mol. The van der Waals surface area contributed by atoms with Crippen LogP contribution in [0.2, 0.25) is 0 Å². The largest absolute Gasteiger partial charge is 0.478 e. The Morgan fingerprint density at radius 1 is 1.36 bits per heavy atom. The summed E-state index contributed by atoms with van der Waals surface area (Å²) in [6.45, 7) is 10.6. The molecule has 0 N–H and O–H groups in total. The van der Waals surface area contributed by atoms with E-state index in [0.29, 0.717) is 11.8 Å². The van der Waals surface area contributed by atoms with Crippen LogP contribution in [0.4, 0.5) is 0 Å². The second kappa shape index (κ2) is 4.63. The molecule has 1 unspecified atom stereocenters. The van der Waals surface area contributed by atoms with E-state index >= 15 is 0 Å². The summed E-state index contributed by atoms with van der Waals surface area (Å²) in [7, 11) is 0. The Morgan fingerprint density at radius 2 is 2.00 bits per heavy atom. The maximum atomic E-state index is 5.65. The van der Waals surface area contributed by atoms with Crippen LogP contribution in [0.5, 0.6) is 0 Å². The molecule has 0 aliphatic carbocycles. The summed E-state index contributed by atoms with van der Waals surface area (Å²) in [5.74, 6) is 1.95. The summed E-state index contributed by atoms with van der Waals surface area (Å²) in [5.41, 5.74) is 1.17. The average Bonchev–Trinajstić information content (AvgIpc) is 2.01. The molecule has 0 aromatic rings. The van der Waals surface area contributed by atoms with Gasteiger partial charge in [-0.15, -0.1) is 0 Å². The van der Waals surface area contributed by atoms with Crippen molar-refractivity contribution in [2.24, 2.45) is 16.8 Å². The van der Waals surface area contributed by atoms with Crippen LogP contribution in [0.3, 0.4) is 0 Å². The first kappa shape index (κ1) is 11.3. The van der Waals surface area contributed by atoms with E-state index < -0.39 is 0 Å². The maximum Gasteiger partial charge on any atom is 0.188 e. The number of allylic oxidation sites excluding steroid dienone is 2. The Hall–Kier alpha value is -0.790. The molecule has 1 atom stereocenters. The van der Waals surface area contributed by atoms with E-state index in [2.05, 4.69) is 31.8 Å². The van der Waals surface area contributed by atoms with Gasteiger partial charge in [0.1, 0.15) is 0 Å². The highest BCUT2D eigenvalue weighted by Crippen LogP contribution is 2.23. The van der Waals surface area contributed by atoms with E-state index in [9.17, 15) is 0 Å². The van der Waals surface area contributed by atoms with Crippen molar-refractivity contribution in [2.75, 3.05) is 0 Å². The number of hydrogen-bond donors (Lipinski definition) is 0. The van der Waals surface area contributed by atoms with Gasteiger partial charge in [0.15, 0.2) is 5.90 Å². The highest BCUT2D eigenvalue weighted by atomic mass is 16.5. The molecule has 0 saturated carbocycles. The second-order valence-electron chi connectivity index (χ2n) is 4.60. The van der Waals surface area contributed by atoms with E-state index in [0.717, 1.165) is 12.3 Å². The Bertz CT molecular complexity index is 251. The van der Waals surface area contributed by atoms with E-state index in [1.807, 2.05) is 13.8 Å². The van der Waals surface area contributed by atoms with E-state index in [1.165, 1.54) is 5.70 Å². The molecule has 0 amide bonds. The van der Waals surface area contributed by atoms with Crippen molar-refractivity contribution in [3.63, 3.8) is 0 Å². The molecule has 1 aliphatic heterocycles. The van der Waals surface area contributed by atoms with Crippen LogP contribution in [0.25, 0.3) is 0 Å². The normalized spacial score (nSPS) is 22.4. The minimum atomic E-state index is 0.229. The smallest absolute Gasteiger partial charge is 0.188 e. The summed E-state index contributed by atoms with van der Waals surface area (Å²) >= 11 is 0. The van der Waals surface area contributed by atoms with Crippen LogP contribution in [-0.2, 0) is 4.74 Å². The summed E-state index contributed by atoms with van der Waals surface area (Å²) < 4.78 is 5.65. The molecule has 80 valence electrons. The molecular weight excluding hydrogens is 174 g/mol. The Labute approximate surface area is 87.1 Å². The SMILES string of the molecule is CC1C=C(C(C)C)N=C(OC(C)C)C1. The molecular formula is C12H21NO. The zero-order valence-electron chi connectivity index (χ0n) is 9.87. The highest BCUT2D eigenvalue weighted by Gasteiger charge is 2.16. The van der Waals surface area contributed by atoms with Gasteiger partial charge in [0, 0.05) is 12.1 Å². The fraction of sp³-hybridized carbons (Fsp3) is 0.750. The molecule has 1 heterocycles. The lowest BCUT2D eigenvalue weighted by Crippen LogP contribution is -2.18. The third-order valence-corrected chi connectivity index (χ3v) is 2.17. The Kier molecular flexibility index (Phi) is 3.73. The fourth-order valence-corrected chi connectivity index (χ4v) is 1.52. The van der Waals surface area contributed by atoms with Crippen LogP contribution >= 0.6 is 0 Å². The molecule has 0 spiro atoms. The van der Waals surface area contributed by atoms with Gasteiger partial charge >= 0.3 is 0 Å². The number of rotatable bonds is 2. The molecule has 0 saturated heterocycles. The quantitative estimate of drug-likeness (QED) is 0.662. The Morgan fingerprint density at radius 3 is 2.50 bits per heavy atom. The van der Waals surface area contributed by atoms with Crippen molar-refractivity contribution in [1.29, 1.82) is 0 Å². The minimum Gasteiger partial charge on any atom is -0.478 e. The molecule has 0 fully saturated rings. The van der Waals surface area contributed by atoms with Gasteiger partial charge in [0.05, 0.1) is 6.10 Å². The second-order valence-corrected chi connectivity index (χ2v) is 4.60. The lowest BCUT2D eigenvalue weighted by molar-refractivity contribution is 0.217. The zero-order valence-corrected chi connectivity index (χ0v) is 9.87. The van der Waals surface area contributed by atoms with Crippen molar-refractivity contribution in [1.82, 2.24) is 0 Å². The highest BCUT2D eigenvalue weighted by molar-refractivity contribution is 5.78. The van der Waals surface area contributed by atoms with Gasteiger partial charge in [-0.1, -0.05) is 26.8 Å². The minimum absolute atomic E-state index is 0.229. The van der Waals surface area contributed by atoms with Gasteiger partial charge in [0.25, 0.3) is 0 Å². The molecule has 0 radical (unpaired) electrons. The summed E-state index contributed by atoms with van der Waals surface area (Å²) in [5, 5.41) is 0. The molecule has 2 heteroatoms. The van der Waals surface area contributed by atoms with Crippen LogP contribution in [0, 0.1) is 11.8 Å². The first-order valence-electron chi connectivity index (χ1n) is 5.45. The van der Waals surface area contributed by atoms with Crippen molar-refractivity contribution < 1.29 is 4.74 Å².